The number of halogens is 1. The van der Waals surface area contributed by atoms with E-state index in [9.17, 15) is 4.79 Å². The summed E-state index contributed by atoms with van der Waals surface area (Å²) in [6, 6.07) is 0.442. The molecule has 15 heavy (non-hydrogen) atoms. The summed E-state index contributed by atoms with van der Waals surface area (Å²) in [5.41, 5.74) is 0. The minimum absolute atomic E-state index is 0.397. The molecule has 0 aromatic carbocycles. The Bertz CT molecular complexity index is 240. The standard InChI is InChI=1S/C12H20BrNO/c1-9-5-6-14(11(9)8-13)12(15)7-10-3-2-4-10/h9-11H,2-8H2,1H3. The van der Waals surface area contributed by atoms with Crippen LogP contribution in [0.4, 0.5) is 0 Å². The third-order valence-electron chi connectivity index (χ3n) is 4.05. The number of likely N-dealkylation sites (tertiary alicyclic amines) is 1. The molecule has 1 heterocycles. The second-order valence-corrected chi connectivity index (χ2v) is 5.72. The Kier molecular flexibility index (Phi) is 3.70. The Morgan fingerprint density at radius 3 is 2.67 bits per heavy atom. The Morgan fingerprint density at radius 1 is 1.40 bits per heavy atom. The highest BCUT2D eigenvalue weighted by Crippen LogP contribution is 2.32. The summed E-state index contributed by atoms with van der Waals surface area (Å²) in [5, 5.41) is 0.935. The van der Waals surface area contributed by atoms with Gasteiger partial charge in [0.2, 0.25) is 5.91 Å². The van der Waals surface area contributed by atoms with Crippen molar-refractivity contribution in [2.75, 3.05) is 11.9 Å². The first-order chi connectivity index (χ1) is 7.22. The molecule has 3 heteroatoms. The maximum atomic E-state index is 12.1. The Morgan fingerprint density at radius 2 is 2.13 bits per heavy atom. The first kappa shape index (κ1) is 11.4. The highest BCUT2D eigenvalue weighted by Gasteiger charge is 2.34. The Balaban J connectivity index is 1.88. The fraction of sp³-hybridized carbons (Fsp3) is 0.917. The Hall–Kier alpha value is -0.0500. The molecular formula is C12H20BrNO. The number of amides is 1. The average molecular weight is 274 g/mol. The van der Waals surface area contributed by atoms with E-state index in [1.54, 1.807) is 0 Å². The lowest BCUT2D eigenvalue weighted by molar-refractivity contribution is -0.133. The molecular weight excluding hydrogens is 254 g/mol. The summed E-state index contributed by atoms with van der Waals surface area (Å²) in [7, 11) is 0. The SMILES string of the molecule is CC1CCN(C(=O)CC2CCC2)C1CBr. The minimum atomic E-state index is 0.397. The molecule has 0 aromatic heterocycles. The maximum Gasteiger partial charge on any atom is 0.223 e. The number of alkyl halides is 1. The molecule has 2 nitrogen and oxygen atoms in total. The van der Waals surface area contributed by atoms with Gasteiger partial charge in [0, 0.05) is 24.3 Å². The maximum absolute atomic E-state index is 12.1. The molecule has 0 spiro atoms. The van der Waals surface area contributed by atoms with Gasteiger partial charge in [-0.25, -0.2) is 0 Å². The number of hydrogen-bond donors (Lipinski definition) is 0. The molecule has 2 rings (SSSR count). The van der Waals surface area contributed by atoms with Gasteiger partial charge in [0.25, 0.3) is 0 Å². The molecule has 0 aromatic rings. The second kappa shape index (κ2) is 4.86. The quantitative estimate of drug-likeness (QED) is 0.725. The van der Waals surface area contributed by atoms with E-state index >= 15 is 0 Å². The van der Waals surface area contributed by atoms with Crippen LogP contribution in [-0.4, -0.2) is 28.7 Å². The number of carbonyl (C=O) groups is 1. The smallest absolute Gasteiger partial charge is 0.223 e. The molecule has 0 bridgehead atoms. The van der Waals surface area contributed by atoms with Gasteiger partial charge in [0.15, 0.2) is 0 Å². The van der Waals surface area contributed by atoms with Gasteiger partial charge in [0.1, 0.15) is 0 Å². The lowest BCUT2D eigenvalue weighted by atomic mass is 9.82. The van der Waals surface area contributed by atoms with E-state index in [0.717, 1.165) is 18.3 Å². The van der Waals surface area contributed by atoms with E-state index in [1.165, 1.54) is 25.7 Å². The van der Waals surface area contributed by atoms with Crippen LogP contribution in [-0.2, 0) is 4.79 Å². The molecule has 1 saturated heterocycles. The molecule has 1 aliphatic heterocycles. The zero-order valence-corrected chi connectivity index (χ0v) is 11.0. The predicted molar refractivity (Wildman–Crippen MR) is 65.0 cm³/mol. The van der Waals surface area contributed by atoms with Gasteiger partial charge >= 0.3 is 0 Å². The minimum Gasteiger partial charge on any atom is -0.339 e. The topological polar surface area (TPSA) is 20.3 Å². The van der Waals surface area contributed by atoms with Crippen LogP contribution >= 0.6 is 15.9 Å². The molecule has 2 fully saturated rings. The van der Waals surface area contributed by atoms with Gasteiger partial charge in [-0.05, 0) is 31.1 Å². The van der Waals surface area contributed by atoms with Crippen molar-refractivity contribution in [3.05, 3.63) is 0 Å². The van der Waals surface area contributed by atoms with Crippen LogP contribution in [0.15, 0.2) is 0 Å². The largest absolute Gasteiger partial charge is 0.339 e. The van der Waals surface area contributed by atoms with Crippen molar-refractivity contribution in [1.82, 2.24) is 4.90 Å². The van der Waals surface area contributed by atoms with Gasteiger partial charge in [-0.3, -0.25) is 4.79 Å². The van der Waals surface area contributed by atoms with Crippen LogP contribution in [0, 0.1) is 11.8 Å². The van der Waals surface area contributed by atoms with Gasteiger partial charge in [-0.2, -0.15) is 0 Å². The zero-order chi connectivity index (χ0) is 10.8. The lowest BCUT2D eigenvalue weighted by Crippen LogP contribution is -2.39. The van der Waals surface area contributed by atoms with Crippen LogP contribution in [0.25, 0.3) is 0 Å². The van der Waals surface area contributed by atoms with Crippen molar-refractivity contribution in [3.8, 4) is 0 Å². The first-order valence-electron chi connectivity index (χ1n) is 6.07. The fourth-order valence-corrected chi connectivity index (χ4v) is 3.60. The van der Waals surface area contributed by atoms with E-state index < -0.39 is 0 Å². The molecule has 86 valence electrons. The van der Waals surface area contributed by atoms with Crippen molar-refractivity contribution in [3.63, 3.8) is 0 Å². The summed E-state index contributed by atoms with van der Waals surface area (Å²) in [5.74, 6) is 1.76. The number of nitrogens with zero attached hydrogens (tertiary/aromatic N) is 1. The molecule has 2 aliphatic rings. The van der Waals surface area contributed by atoms with Gasteiger partial charge < -0.3 is 4.90 Å². The van der Waals surface area contributed by atoms with E-state index in [1.807, 2.05) is 0 Å². The Labute approximate surface area is 101 Å². The highest BCUT2D eigenvalue weighted by atomic mass is 79.9. The van der Waals surface area contributed by atoms with Crippen molar-refractivity contribution in [2.24, 2.45) is 11.8 Å². The summed E-state index contributed by atoms with van der Waals surface area (Å²) in [4.78, 5) is 14.2. The third-order valence-corrected chi connectivity index (χ3v) is 4.71. The van der Waals surface area contributed by atoms with E-state index in [4.69, 9.17) is 0 Å². The molecule has 1 aliphatic carbocycles. The normalized spacial score (nSPS) is 31.7. The molecule has 2 unspecified atom stereocenters. The van der Waals surface area contributed by atoms with Crippen LogP contribution in [0.5, 0.6) is 0 Å². The van der Waals surface area contributed by atoms with E-state index in [0.29, 0.717) is 23.8 Å². The summed E-state index contributed by atoms with van der Waals surface area (Å²) >= 11 is 3.53. The number of rotatable bonds is 3. The zero-order valence-electron chi connectivity index (χ0n) is 9.42. The molecule has 1 saturated carbocycles. The fourth-order valence-electron chi connectivity index (χ4n) is 2.61. The first-order valence-corrected chi connectivity index (χ1v) is 7.20. The van der Waals surface area contributed by atoms with E-state index in [2.05, 4.69) is 27.8 Å². The highest BCUT2D eigenvalue weighted by molar-refractivity contribution is 9.09. The summed E-state index contributed by atoms with van der Waals surface area (Å²) in [6.07, 6.45) is 5.85. The van der Waals surface area contributed by atoms with Crippen LogP contribution < -0.4 is 0 Å². The molecule has 0 N–H and O–H groups in total. The molecule has 0 radical (unpaired) electrons. The lowest BCUT2D eigenvalue weighted by Gasteiger charge is -2.30. The van der Waals surface area contributed by atoms with Crippen LogP contribution in [0.2, 0.25) is 0 Å². The molecule has 2 atom stereocenters. The van der Waals surface area contributed by atoms with Crippen molar-refractivity contribution in [2.45, 2.75) is 45.1 Å². The summed E-state index contributed by atoms with van der Waals surface area (Å²) in [6.45, 7) is 3.23. The average Bonchev–Trinajstić information content (AvgIpc) is 2.52. The van der Waals surface area contributed by atoms with Gasteiger partial charge in [-0.15, -0.1) is 0 Å². The third kappa shape index (κ3) is 2.38. The predicted octanol–water partition coefficient (Wildman–Crippen LogP) is 2.81. The number of carbonyl (C=O) groups excluding carboxylic acids is 1. The van der Waals surface area contributed by atoms with Crippen molar-refractivity contribution < 1.29 is 4.79 Å². The monoisotopic (exact) mass is 273 g/mol. The van der Waals surface area contributed by atoms with Crippen molar-refractivity contribution in [1.29, 1.82) is 0 Å². The van der Waals surface area contributed by atoms with Gasteiger partial charge in [-0.1, -0.05) is 29.3 Å². The van der Waals surface area contributed by atoms with Gasteiger partial charge in [0.05, 0.1) is 0 Å². The summed E-state index contributed by atoms with van der Waals surface area (Å²) < 4.78 is 0. The second-order valence-electron chi connectivity index (χ2n) is 5.08. The van der Waals surface area contributed by atoms with Crippen LogP contribution in [0.1, 0.15) is 39.0 Å². The molecule has 1 amide bonds. The number of hydrogen-bond acceptors (Lipinski definition) is 1. The van der Waals surface area contributed by atoms with Crippen LogP contribution in [0.3, 0.4) is 0 Å². The van der Waals surface area contributed by atoms with E-state index in [-0.39, 0.29) is 0 Å². The van der Waals surface area contributed by atoms with Crippen molar-refractivity contribution >= 4 is 21.8 Å².